The summed E-state index contributed by atoms with van der Waals surface area (Å²) < 4.78 is 14.0. The van der Waals surface area contributed by atoms with Crippen molar-refractivity contribution in [2.75, 3.05) is 20.8 Å². The van der Waals surface area contributed by atoms with E-state index in [1.165, 1.54) is 14.2 Å². The minimum absolute atomic E-state index is 0.149. The molecule has 5 heteroatoms. The van der Waals surface area contributed by atoms with Gasteiger partial charge in [-0.15, -0.1) is 0 Å². The van der Waals surface area contributed by atoms with Crippen LogP contribution in [0, 0.1) is 11.8 Å². The molecule has 1 rings (SSSR count). The highest BCUT2D eigenvalue weighted by Crippen LogP contribution is 2.11. The lowest BCUT2D eigenvalue weighted by atomic mass is 10.2. The van der Waals surface area contributed by atoms with Crippen molar-refractivity contribution in [2.45, 2.75) is 0 Å². The van der Waals surface area contributed by atoms with Crippen molar-refractivity contribution in [1.29, 1.82) is 0 Å². The van der Waals surface area contributed by atoms with Gasteiger partial charge in [-0.1, -0.05) is 5.92 Å². The number of carbonyl (C=O) groups is 2. The molecular weight excluding hydrogens is 236 g/mol. The SMILES string of the molecule is COC(=O)C#Cc1ccc(OCC(=O)OC)cc1. The van der Waals surface area contributed by atoms with Crippen LogP contribution in [0.2, 0.25) is 0 Å². The summed E-state index contributed by atoms with van der Waals surface area (Å²) in [6, 6.07) is 6.62. The lowest BCUT2D eigenvalue weighted by Crippen LogP contribution is -2.12. The maximum absolute atomic E-state index is 10.8. The molecule has 0 saturated heterocycles. The van der Waals surface area contributed by atoms with Crippen molar-refractivity contribution in [1.82, 2.24) is 0 Å². The molecule has 18 heavy (non-hydrogen) atoms. The molecule has 0 spiro atoms. The lowest BCUT2D eigenvalue weighted by Gasteiger charge is -2.03. The van der Waals surface area contributed by atoms with E-state index in [9.17, 15) is 9.59 Å². The summed E-state index contributed by atoms with van der Waals surface area (Å²) in [5, 5.41) is 0. The Kier molecular flexibility index (Phi) is 5.26. The zero-order valence-corrected chi connectivity index (χ0v) is 10.1. The molecule has 0 aliphatic carbocycles. The van der Waals surface area contributed by atoms with E-state index in [2.05, 4.69) is 21.3 Å². The van der Waals surface area contributed by atoms with E-state index in [4.69, 9.17) is 4.74 Å². The second-order valence-electron chi connectivity index (χ2n) is 3.13. The molecular formula is C13H12O5. The summed E-state index contributed by atoms with van der Waals surface area (Å²) in [5.74, 6) is 4.40. The van der Waals surface area contributed by atoms with Gasteiger partial charge in [0.15, 0.2) is 6.61 Å². The standard InChI is InChI=1S/C13H12O5/c1-16-12(14)8-5-10-3-6-11(7-4-10)18-9-13(15)17-2/h3-4,6-7H,9H2,1-2H3. The first-order chi connectivity index (χ1) is 8.65. The number of rotatable bonds is 3. The average Bonchev–Trinajstić information content (AvgIpc) is 2.43. The van der Waals surface area contributed by atoms with Crippen molar-refractivity contribution in [3.8, 4) is 17.6 Å². The number of ether oxygens (including phenoxy) is 3. The minimum Gasteiger partial charge on any atom is -0.482 e. The van der Waals surface area contributed by atoms with E-state index in [-0.39, 0.29) is 6.61 Å². The predicted octanol–water partition coefficient (Wildman–Crippen LogP) is 0.763. The molecule has 0 aromatic heterocycles. The van der Waals surface area contributed by atoms with Crippen LogP contribution in [-0.4, -0.2) is 32.8 Å². The van der Waals surface area contributed by atoms with Crippen molar-refractivity contribution in [3.05, 3.63) is 29.8 Å². The van der Waals surface area contributed by atoms with Crippen LogP contribution in [0.4, 0.5) is 0 Å². The van der Waals surface area contributed by atoms with Crippen molar-refractivity contribution >= 4 is 11.9 Å². The molecule has 0 bridgehead atoms. The van der Waals surface area contributed by atoms with E-state index in [1.54, 1.807) is 24.3 Å². The highest BCUT2D eigenvalue weighted by Gasteiger charge is 2.01. The Bertz CT molecular complexity index is 478. The van der Waals surface area contributed by atoms with Crippen LogP contribution in [0.25, 0.3) is 0 Å². The zero-order chi connectivity index (χ0) is 13.4. The van der Waals surface area contributed by atoms with Crippen LogP contribution in [-0.2, 0) is 19.1 Å². The number of benzene rings is 1. The third-order valence-electron chi connectivity index (χ3n) is 1.93. The second kappa shape index (κ2) is 6.97. The van der Waals surface area contributed by atoms with Gasteiger partial charge in [0, 0.05) is 11.5 Å². The van der Waals surface area contributed by atoms with Crippen LogP contribution in [0.15, 0.2) is 24.3 Å². The normalized spacial score (nSPS) is 8.78. The van der Waals surface area contributed by atoms with E-state index in [1.807, 2.05) is 0 Å². The largest absolute Gasteiger partial charge is 0.482 e. The van der Waals surface area contributed by atoms with Crippen LogP contribution < -0.4 is 4.74 Å². The van der Waals surface area contributed by atoms with Gasteiger partial charge in [-0.3, -0.25) is 0 Å². The summed E-state index contributed by atoms with van der Waals surface area (Å²) in [7, 11) is 2.55. The van der Waals surface area contributed by atoms with E-state index in [0.717, 1.165) is 0 Å². The Hall–Kier alpha value is -2.48. The van der Waals surface area contributed by atoms with Gasteiger partial charge in [-0.05, 0) is 24.3 Å². The molecule has 0 fully saturated rings. The first kappa shape index (κ1) is 13.6. The Morgan fingerprint density at radius 2 is 1.78 bits per heavy atom. The topological polar surface area (TPSA) is 61.8 Å². The van der Waals surface area contributed by atoms with E-state index < -0.39 is 11.9 Å². The number of esters is 2. The van der Waals surface area contributed by atoms with Crippen LogP contribution >= 0.6 is 0 Å². The average molecular weight is 248 g/mol. The molecule has 1 aromatic carbocycles. The van der Waals surface area contributed by atoms with Crippen LogP contribution in [0.1, 0.15) is 5.56 Å². The Morgan fingerprint density at radius 3 is 2.33 bits per heavy atom. The fraction of sp³-hybridized carbons (Fsp3) is 0.231. The van der Waals surface area contributed by atoms with E-state index in [0.29, 0.717) is 11.3 Å². The third-order valence-corrected chi connectivity index (χ3v) is 1.93. The van der Waals surface area contributed by atoms with Gasteiger partial charge < -0.3 is 14.2 Å². The van der Waals surface area contributed by atoms with Crippen LogP contribution in [0.3, 0.4) is 0 Å². The van der Waals surface area contributed by atoms with Gasteiger partial charge in [-0.25, -0.2) is 9.59 Å². The molecule has 0 heterocycles. The molecule has 5 nitrogen and oxygen atoms in total. The fourth-order valence-electron chi connectivity index (χ4n) is 1.01. The van der Waals surface area contributed by atoms with Gasteiger partial charge in [0.05, 0.1) is 14.2 Å². The number of hydrogen-bond acceptors (Lipinski definition) is 5. The summed E-state index contributed by atoms with van der Waals surface area (Å²) >= 11 is 0. The Morgan fingerprint density at radius 1 is 1.11 bits per heavy atom. The van der Waals surface area contributed by atoms with Gasteiger partial charge >= 0.3 is 11.9 Å². The first-order valence-electron chi connectivity index (χ1n) is 5.05. The maximum atomic E-state index is 10.8. The zero-order valence-electron chi connectivity index (χ0n) is 10.1. The highest BCUT2D eigenvalue weighted by molar-refractivity contribution is 5.89. The van der Waals surface area contributed by atoms with Crippen molar-refractivity contribution < 1.29 is 23.8 Å². The number of hydrogen-bond donors (Lipinski definition) is 0. The number of methoxy groups -OCH3 is 2. The van der Waals surface area contributed by atoms with E-state index >= 15 is 0 Å². The summed E-state index contributed by atoms with van der Waals surface area (Å²) in [6.07, 6.45) is 0. The summed E-state index contributed by atoms with van der Waals surface area (Å²) in [5.41, 5.74) is 0.644. The minimum atomic E-state index is -0.596. The van der Waals surface area contributed by atoms with Crippen LogP contribution in [0.5, 0.6) is 5.75 Å². The lowest BCUT2D eigenvalue weighted by molar-refractivity contribution is -0.143. The molecule has 1 aromatic rings. The van der Waals surface area contributed by atoms with Gasteiger partial charge in [0.2, 0.25) is 0 Å². The Labute approximate surface area is 105 Å². The molecule has 0 radical (unpaired) electrons. The molecule has 94 valence electrons. The molecule has 0 atom stereocenters. The monoisotopic (exact) mass is 248 g/mol. The quantitative estimate of drug-likeness (QED) is 0.584. The molecule has 0 aliphatic heterocycles. The predicted molar refractivity (Wildman–Crippen MR) is 62.8 cm³/mol. The Balaban J connectivity index is 2.59. The fourth-order valence-corrected chi connectivity index (χ4v) is 1.01. The second-order valence-corrected chi connectivity index (χ2v) is 3.13. The van der Waals surface area contributed by atoms with Gasteiger partial charge in [0.25, 0.3) is 0 Å². The van der Waals surface area contributed by atoms with Crippen molar-refractivity contribution in [2.24, 2.45) is 0 Å². The highest BCUT2D eigenvalue weighted by atomic mass is 16.6. The molecule has 0 N–H and O–H groups in total. The third kappa shape index (κ3) is 4.58. The smallest absolute Gasteiger partial charge is 0.384 e. The maximum Gasteiger partial charge on any atom is 0.384 e. The molecule has 0 saturated carbocycles. The van der Waals surface area contributed by atoms with Gasteiger partial charge in [0.1, 0.15) is 5.75 Å². The summed E-state index contributed by atoms with van der Waals surface area (Å²) in [4.78, 5) is 21.6. The van der Waals surface area contributed by atoms with Gasteiger partial charge in [-0.2, -0.15) is 0 Å². The first-order valence-corrected chi connectivity index (χ1v) is 5.05. The molecule has 0 amide bonds. The summed E-state index contributed by atoms with van der Waals surface area (Å²) in [6.45, 7) is -0.149. The number of carbonyl (C=O) groups excluding carboxylic acids is 2. The molecule has 0 aliphatic rings. The molecule has 0 unspecified atom stereocenters. The van der Waals surface area contributed by atoms with Crippen molar-refractivity contribution in [3.63, 3.8) is 0 Å².